The summed E-state index contributed by atoms with van der Waals surface area (Å²) in [6, 6.07) is 17.5. The zero-order valence-electron chi connectivity index (χ0n) is 15.0. The number of ether oxygens (including phenoxy) is 2. The van der Waals surface area contributed by atoms with Gasteiger partial charge in [0.05, 0.1) is 18.8 Å². The van der Waals surface area contributed by atoms with Crippen LogP contribution in [0.3, 0.4) is 0 Å². The molecule has 1 aliphatic carbocycles. The second kappa shape index (κ2) is 8.23. The summed E-state index contributed by atoms with van der Waals surface area (Å²) in [5, 5.41) is 13.5. The van der Waals surface area contributed by atoms with Gasteiger partial charge in [-0.25, -0.2) is 4.79 Å². The molecule has 0 radical (unpaired) electrons. The minimum absolute atomic E-state index is 0.494. The van der Waals surface area contributed by atoms with Gasteiger partial charge in [0.1, 0.15) is 12.4 Å². The Morgan fingerprint density at radius 1 is 1.15 bits per heavy atom. The van der Waals surface area contributed by atoms with Crippen molar-refractivity contribution in [3.63, 3.8) is 0 Å². The van der Waals surface area contributed by atoms with Gasteiger partial charge in [0, 0.05) is 0 Å². The molecule has 2 N–H and O–H groups in total. The molecule has 0 spiro atoms. The molecule has 0 aliphatic heterocycles. The molecule has 26 heavy (non-hydrogen) atoms. The normalized spacial score (nSPS) is 22.5. The fourth-order valence-electron chi connectivity index (χ4n) is 3.53. The Labute approximate surface area is 153 Å². The second-order valence-electron chi connectivity index (χ2n) is 6.65. The van der Waals surface area contributed by atoms with Crippen molar-refractivity contribution in [1.29, 1.82) is 0 Å². The summed E-state index contributed by atoms with van der Waals surface area (Å²) < 4.78 is 10.6. The number of hydrogen-bond donors (Lipinski definition) is 2. The molecule has 138 valence electrons. The van der Waals surface area contributed by atoms with Gasteiger partial charge in [0.15, 0.2) is 0 Å². The number of amides is 1. The van der Waals surface area contributed by atoms with Crippen LogP contribution < -0.4 is 10.1 Å². The molecule has 2 aromatic carbocycles. The molecule has 1 fully saturated rings. The van der Waals surface area contributed by atoms with Crippen LogP contribution in [0.25, 0.3) is 0 Å². The molecule has 0 saturated heterocycles. The van der Waals surface area contributed by atoms with Crippen molar-refractivity contribution in [2.75, 3.05) is 7.11 Å². The number of hydrogen-bond acceptors (Lipinski definition) is 4. The number of benzene rings is 2. The molecular weight excluding hydrogens is 330 g/mol. The highest BCUT2D eigenvalue weighted by atomic mass is 16.5. The van der Waals surface area contributed by atoms with Crippen LogP contribution in [0, 0.1) is 0 Å². The van der Waals surface area contributed by atoms with Gasteiger partial charge in [-0.2, -0.15) is 0 Å². The van der Waals surface area contributed by atoms with Crippen molar-refractivity contribution in [3.05, 3.63) is 65.7 Å². The van der Waals surface area contributed by atoms with Gasteiger partial charge in [-0.3, -0.25) is 0 Å². The third kappa shape index (κ3) is 3.99. The molecule has 3 rings (SSSR count). The minimum Gasteiger partial charge on any atom is -0.489 e. The Morgan fingerprint density at radius 2 is 1.88 bits per heavy atom. The summed E-state index contributed by atoms with van der Waals surface area (Å²) in [7, 11) is 1.33. The van der Waals surface area contributed by atoms with Gasteiger partial charge in [-0.05, 0) is 36.1 Å². The fourth-order valence-corrected chi connectivity index (χ4v) is 3.53. The highest BCUT2D eigenvalue weighted by molar-refractivity contribution is 5.68. The summed E-state index contributed by atoms with van der Waals surface area (Å²) in [6.07, 6.45) is 2.03. The number of nitrogens with one attached hydrogen (secondary N) is 1. The van der Waals surface area contributed by atoms with Gasteiger partial charge in [-0.15, -0.1) is 0 Å². The van der Waals surface area contributed by atoms with Crippen molar-refractivity contribution in [1.82, 2.24) is 5.32 Å². The first-order valence-electron chi connectivity index (χ1n) is 8.95. The van der Waals surface area contributed by atoms with E-state index in [1.54, 1.807) is 0 Å². The first-order chi connectivity index (χ1) is 12.6. The van der Waals surface area contributed by atoms with Crippen molar-refractivity contribution in [2.45, 2.75) is 43.9 Å². The van der Waals surface area contributed by atoms with Gasteiger partial charge in [0.2, 0.25) is 0 Å². The van der Waals surface area contributed by atoms with Crippen LogP contribution in [0.2, 0.25) is 0 Å². The molecule has 0 bridgehead atoms. The maximum absolute atomic E-state index is 11.9. The van der Waals surface area contributed by atoms with Crippen molar-refractivity contribution < 1.29 is 19.4 Å². The van der Waals surface area contributed by atoms with Gasteiger partial charge < -0.3 is 19.9 Å². The monoisotopic (exact) mass is 355 g/mol. The minimum atomic E-state index is -0.816. The number of aliphatic hydroxyl groups is 1. The number of methoxy groups -OCH3 is 1. The Kier molecular flexibility index (Phi) is 5.78. The van der Waals surface area contributed by atoms with E-state index in [1.165, 1.54) is 7.11 Å². The van der Waals surface area contributed by atoms with Crippen LogP contribution in [-0.2, 0) is 16.9 Å². The van der Waals surface area contributed by atoms with Crippen LogP contribution in [0.5, 0.6) is 5.75 Å². The summed E-state index contributed by atoms with van der Waals surface area (Å²) in [5.74, 6) is 0.746. The number of carbonyl (C=O) groups is 1. The number of alkyl carbamates (subject to hydrolysis) is 1. The van der Waals surface area contributed by atoms with Gasteiger partial charge in [0.25, 0.3) is 0 Å². The number of rotatable bonds is 5. The highest BCUT2D eigenvalue weighted by Gasteiger charge is 2.43. The average Bonchev–Trinajstić information content (AvgIpc) is 2.69. The fraction of sp³-hybridized carbons (Fsp3) is 0.381. The van der Waals surface area contributed by atoms with E-state index in [1.807, 2.05) is 54.6 Å². The van der Waals surface area contributed by atoms with Crippen LogP contribution in [0.4, 0.5) is 4.79 Å². The molecule has 1 saturated carbocycles. The largest absolute Gasteiger partial charge is 0.489 e. The third-order valence-corrected chi connectivity index (χ3v) is 5.00. The maximum Gasteiger partial charge on any atom is 0.407 e. The lowest BCUT2D eigenvalue weighted by Crippen LogP contribution is -2.55. The summed E-state index contributed by atoms with van der Waals surface area (Å²) >= 11 is 0. The number of carbonyl (C=O) groups excluding carboxylic acids is 1. The Bertz CT molecular complexity index is 717. The lowest BCUT2D eigenvalue weighted by atomic mass is 9.74. The smallest absolute Gasteiger partial charge is 0.407 e. The van der Waals surface area contributed by atoms with Gasteiger partial charge >= 0.3 is 6.09 Å². The molecule has 2 aromatic rings. The Morgan fingerprint density at radius 3 is 2.54 bits per heavy atom. The van der Waals surface area contributed by atoms with Crippen molar-refractivity contribution in [2.24, 2.45) is 0 Å². The molecule has 5 nitrogen and oxygen atoms in total. The molecule has 5 heteroatoms. The lowest BCUT2D eigenvalue weighted by molar-refractivity contribution is 0.0199. The molecule has 1 amide bonds. The van der Waals surface area contributed by atoms with Crippen LogP contribution in [-0.4, -0.2) is 24.4 Å². The Balaban J connectivity index is 1.76. The first kappa shape index (κ1) is 18.3. The average molecular weight is 355 g/mol. The lowest BCUT2D eigenvalue weighted by Gasteiger charge is -2.42. The maximum atomic E-state index is 11.9. The van der Waals surface area contributed by atoms with Gasteiger partial charge in [-0.1, -0.05) is 55.3 Å². The van der Waals surface area contributed by atoms with Crippen molar-refractivity contribution >= 4 is 6.09 Å². The van der Waals surface area contributed by atoms with E-state index in [2.05, 4.69) is 5.32 Å². The molecule has 1 aliphatic rings. The van der Waals surface area contributed by atoms with Crippen LogP contribution in [0.15, 0.2) is 54.6 Å². The van der Waals surface area contributed by atoms with Crippen molar-refractivity contribution in [3.8, 4) is 5.75 Å². The van der Waals surface area contributed by atoms with E-state index in [0.29, 0.717) is 19.4 Å². The Hall–Kier alpha value is -2.53. The molecule has 0 aromatic heterocycles. The summed E-state index contributed by atoms with van der Waals surface area (Å²) in [4.78, 5) is 11.9. The van der Waals surface area contributed by atoms with E-state index in [9.17, 15) is 9.90 Å². The predicted octanol–water partition coefficient (Wildman–Crippen LogP) is 3.75. The van der Waals surface area contributed by atoms with E-state index < -0.39 is 17.7 Å². The summed E-state index contributed by atoms with van der Waals surface area (Å²) in [5.41, 5.74) is 1.15. The van der Waals surface area contributed by atoms with E-state index in [4.69, 9.17) is 9.47 Å². The SMILES string of the molecule is COC(=O)NC1(c2ccc(OCc3ccccc3)cc2)CCCCC1O. The molecule has 2 atom stereocenters. The van der Waals surface area contributed by atoms with E-state index in [0.717, 1.165) is 29.7 Å². The zero-order valence-corrected chi connectivity index (χ0v) is 15.0. The third-order valence-electron chi connectivity index (χ3n) is 5.00. The van der Waals surface area contributed by atoms with E-state index >= 15 is 0 Å². The molecular formula is C21H25NO4. The second-order valence-corrected chi connectivity index (χ2v) is 6.65. The van der Waals surface area contributed by atoms with Crippen LogP contribution in [0.1, 0.15) is 36.8 Å². The molecule has 2 unspecified atom stereocenters. The first-order valence-corrected chi connectivity index (χ1v) is 8.95. The predicted molar refractivity (Wildman–Crippen MR) is 98.9 cm³/mol. The quantitative estimate of drug-likeness (QED) is 0.857. The standard InChI is InChI=1S/C21H25NO4/c1-25-20(24)22-21(14-6-5-9-19(21)23)17-10-12-18(13-11-17)26-15-16-7-3-2-4-8-16/h2-4,7-8,10-13,19,23H,5-6,9,14-15H2,1H3,(H,22,24). The summed E-state index contributed by atoms with van der Waals surface area (Å²) in [6.45, 7) is 0.494. The number of aliphatic hydroxyl groups excluding tert-OH is 1. The zero-order chi connectivity index (χ0) is 18.4. The van der Waals surface area contributed by atoms with E-state index in [-0.39, 0.29) is 0 Å². The van der Waals surface area contributed by atoms with Crippen LogP contribution >= 0.6 is 0 Å². The topological polar surface area (TPSA) is 67.8 Å². The highest BCUT2D eigenvalue weighted by Crippen LogP contribution is 2.38. The molecule has 0 heterocycles.